The largest absolute Gasteiger partial charge is 0.466 e. The lowest BCUT2D eigenvalue weighted by molar-refractivity contribution is -0.145. The van der Waals surface area contributed by atoms with Gasteiger partial charge in [-0.15, -0.1) is 0 Å². The molecule has 2 fully saturated rings. The first-order valence-corrected chi connectivity index (χ1v) is 12.8. The second kappa shape index (κ2) is 10.4. The molecule has 0 spiro atoms. The van der Waals surface area contributed by atoms with Crippen molar-refractivity contribution < 1.29 is 19.1 Å². The van der Waals surface area contributed by atoms with Crippen LogP contribution in [0.15, 0.2) is 28.0 Å². The van der Waals surface area contributed by atoms with E-state index in [1.807, 2.05) is 26.8 Å². The van der Waals surface area contributed by atoms with Crippen molar-refractivity contribution in [2.45, 2.75) is 46.2 Å². The number of nitrogens with zero attached hydrogens (tertiary/aromatic N) is 4. The fraction of sp³-hybridized carbons (Fsp3) is 0.417. The first kappa shape index (κ1) is 25.8. The molecule has 2 saturated heterocycles. The number of amides is 2. The van der Waals surface area contributed by atoms with Crippen LogP contribution in [0, 0.1) is 6.92 Å². The Labute approximate surface area is 217 Å². The Bertz CT molecular complexity index is 1350. The zero-order valence-electron chi connectivity index (χ0n) is 20.4. The van der Waals surface area contributed by atoms with Gasteiger partial charge < -0.3 is 15.0 Å². The highest BCUT2D eigenvalue weighted by atomic mass is 32.2. The molecule has 2 aromatic rings. The van der Waals surface area contributed by atoms with Crippen molar-refractivity contribution >= 4 is 63.6 Å². The number of pyridine rings is 1. The minimum absolute atomic E-state index is 0.138. The summed E-state index contributed by atoms with van der Waals surface area (Å²) >= 11 is 6.51. The molecule has 2 aliphatic heterocycles. The number of aryl methyl sites for hydroxylation is 1. The van der Waals surface area contributed by atoms with E-state index in [-0.39, 0.29) is 42.3 Å². The van der Waals surface area contributed by atoms with E-state index >= 15 is 0 Å². The minimum Gasteiger partial charge on any atom is -0.466 e. The summed E-state index contributed by atoms with van der Waals surface area (Å²) in [7, 11) is 0. The quantitative estimate of drug-likeness (QED) is 0.340. The van der Waals surface area contributed by atoms with Crippen LogP contribution in [0.1, 0.15) is 38.3 Å². The van der Waals surface area contributed by atoms with E-state index in [1.165, 1.54) is 15.4 Å². The SMILES string of the molecule is CCOC(=O)CC1C(=O)NCCN1c1nc2ccc(C)cn2c(=O)c1/C=C1\SC(=S)N(C(C)C)C1=O. The Morgan fingerprint density at radius 1 is 1.33 bits per heavy atom. The molecule has 190 valence electrons. The number of hydrogen-bond acceptors (Lipinski definition) is 9. The second-order valence-corrected chi connectivity index (χ2v) is 10.4. The van der Waals surface area contributed by atoms with Crippen LogP contribution in [-0.2, 0) is 19.1 Å². The summed E-state index contributed by atoms with van der Waals surface area (Å²) in [5.41, 5.74) is 0.988. The third-order valence-corrected chi connectivity index (χ3v) is 7.20. The van der Waals surface area contributed by atoms with Crippen molar-refractivity contribution in [3.05, 3.63) is 44.7 Å². The summed E-state index contributed by atoms with van der Waals surface area (Å²) in [6, 6.07) is 2.49. The van der Waals surface area contributed by atoms with E-state index in [0.29, 0.717) is 28.0 Å². The second-order valence-electron chi connectivity index (χ2n) is 8.74. The van der Waals surface area contributed by atoms with Gasteiger partial charge in [-0.1, -0.05) is 30.0 Å². The Kier molecular flexibility index (Phi) is 7.46. The van der Waals surface area contributed by atoms with Crippen molar-refractivity contribution in [3.63, 3.8) is 0 Å². The van der Waals surface area contributed by atoms with E-state index in [1.54, 1.807) is 24.1 Å². The number of thiocarbonyl (C=S) groups is 1. The Hall–Kier alpha value is -3.25. The highest BCUT2D eigenvalue weighted by Gasteiger charge is 2.37. The number of carbonyl (C=O) groups excluding carboxylic acids is 3. The number of fused-ring (bicyclic) bond motifs is 1. The molecule has 1 unspecified atom stereocenters. The van der Waals surface area contributed by atoms with Crippen LogP contribution in [0.4, 0.5) is 5.82 Å². The van der Waals surface area contributed by atoms with Gasteiger partial charge in [0.05, 0.1) is 23.5 Å². The van der Waals surface area contributed by atoms with E-state index in [0.717, 1.165) is 17.3 Å². The summed E-state index contributed by atoms with van der Waals surface area (Å²) < 4.78 is 6.89. The smallest absolute Gasteiger partial charge is 0.308 e. The van der Waals surface area contributed by atoms with Crippen LogP contribution >= 0.6 is 24.0 Å². The molecule has 2 aromatic heterocycles. The molecule has 4 heterocycles. The molecule has 0 bridgehead atoms. The summed E-state index contributed by atoms with van der Waals surface area (Å²) in [6.45, 7) is 8.08. The average molecular weight is 530 g/mol. The first-order valence-electron chi connectivity index (χ1n) is 11.6. The number of ether oxygens (including phenoxy) is 1. The maximum absolute atomic E-state index is 13.7. The Morgan fingerprint density at radius 3 is 2.75 bits per heavy atom. The average Bonchev–Trinajstić information content (AvgIpc) is 3.10. The van der Waals surface area contributed by atoms with Crippen LogP contribution in [0.5, 0.6) is 0 Å². The molecule has 2 amide bonds. The van der Waals surface area contributed by atoms with E-state index in [9.17, 15) is 19.2 Å². The number of hydrogen-bond donors (Lipinski definition) is 1. The maximum atomic E-state index is 13.7. The molecular weight excluding hydrogens is 502 g/mol. The molecule has 10 nitrogen and oxygen atoms in total. The van der Waals surface area contributed by atoms with Gasteiger partial charge in [-0.05, 0) is 45.4 Å². The highest BCUT2D eigenvalue weighted by molar-refractivity contribution is 8.26. The van der Waals surface area contributed by atoms with Gasteiger partial charge in [0.2, 0.25) is 5.91 Å². The van der Waals surface area contributed by atoms with E-state index in [2.05, 4.69) is 5.32 Å². The molecule has 2 aliphatic rings. The monoisotopic (exact) mass is 529 g/mol. The molecule has 12 heteroatoms. The number of aromatic nitrogens is 2. The van der Waals surface area contributed by atoms with Crippen LogP contribution in [0.25, 0.3) is 11.7 Å². The highest BCUT2D eigenvalue weighted by Crippen LogP contribution is 2.35. The zero-order valence-corrected chi connectivity index (χ0v) is 22.1. The Morgan fingerprint density at radius 2 is 2.08 bits per heavy atom. The number of thioether (sulfide) groups is 1. The number of piperazine rings is 1. The van der Waals surface area contributed by atoms with E-state index in [4.69, 9.17) is 21.9 Å². The molecule has 4 rings (SSSR count). The lowest BCUT2D eigenvalue weighted by atomic mass is 10.1. The molecule has 1 N–H and O–H groups in total. The van der Waals surface area contributed by atoms with Crippen LogP contribution in [0.2, 0.25) is 0 Å². The molecule has 1 atom stereocenters. The molecule has 0 aliphatic carbocycles. The van der Waals surface area contributed by atoms with Gasteiger partial charge in [0, 0.05) is 25.3 Å². The molecule has 0 radical (unpaired) electrons. The fourth-order valence-corrected chi connectivity index (χ4v) is 5.70. The van der Waals surface area contributed by atoms with Gasteiger partial charge in [-0.2, -0.15) is 0 Å². The van der Waals surface area contributed by atoms with Crippen molar-refractivity contribution in [3.8, 4) is 0 Å². The van der Waals surface area contributed by atoms with Crippen LogP contribution in [0.3, 0.4) is 0 Å². The van der Waals surface area contributed by atoms with E-state index < -0.39 is 17.6 Å². The summed E-state index contributed by atoms with van der Waals surface area (Å²) in [5.74, 6) is -0.962. The van der Waals surface area contributed by atoms with Gasteiger partial charge in [0.25, 0.3) is 11.5 Å². The van der Waals surface area contributed by atoms with Gasteiger partial charge in [0.15, 0.2) is 0 Å². The predicted molar refractivity (Wildman–Crippen MR) is 142 cm³/mol. The lowest BCUT2D eigenvalue weighted by Gasteiger charge is -2.36. The first-order chi connectivity index (χ1) is 17.1. The molecule has 0 saturated carbocycles. The molecule has 0 aromatic carbocycles. The number of rotatable bonds is 6. The van der Waals surface area contributed by atoms with Crippen molar-refractivity contribution in [1.82, 2.24) is 19.6 Å². The number of esters is 1. The zero-order chi connectivity index (χ0) is 26.1. The summed E-state index contributed by atoms with van der Waals surface area (Å²) in [6.07, 6.45) is 2.96. The summed E-state index contributed by atoms with van der Waals surface area (Å²) in [4.78, 5) is 60.1. The fourth-order valence-electron chi connectivity index (χ4n) is 4.20. The number of carbonyl (C=O) groups is 3. The number of anilines is 1. The molecule has 36 heavy (non-hydrogen) atoms. The molecular formula is C24H27N5O5S2. The normalized spacial score (nSPS) is 19.5. The standard InChI is InChI=1S/C24H27N5O5S2/c1-5-34-19(30)11-16-21(31)25-8-9-27(16)20-15(10-17-23(33)29(13(2)3)24(35)36-17)22(32)28-12-14(4)6-7-18(28)26-20/h6-7,10,12-13,16H,5,8-9,11H2,1-4H3,(H,25,31)/b17-10-. The topological polar surface area (TPSA) is 113 Å². The van der Waals surface area contributed by atoms with Gasteiger partial charge in [-0.25, -0.2) is 4.98 Å². The summed E-state index contributed by atoms with van der Waals surface area (Å²) in [5, 5.41) is 2.77. The van der Waals surface area contributed by atoms with Crippen molar-refractivity contribution in [1.29, 1.82) is 0 Å². The predicted octanol–water partition coefficient (Wildman–Crippen LogP) is 1.87. The van der Waals surface area contributed by atoms with Crippen molar-refractivity contribution in [2.75, 3.05) is 24.6 Å². The lowest BCUT2D eigenvalue weighted by Crippen LogP contribution is -2.57. The maximum Gasteiger partial charge on any atom is 0.308 e. The Balaban J connectivity index is 1.90. The van der Waals surface area contributed by atoms with Gasteiger partial charge in [-0.3, -0.25) is 28.5 Å². The van der Waals surface area contributed by atoms with Gasteiger partial charge in [0.1, 0.15) is 21.8 Å². The third kappa shape index (κ3) is 4.87. The minimum atomic E-state index is -0.921. The third-order valence-electron chi connectivity index (χ3n) is 5.87. The van der Waals surface area contributed by atoms with Crippen LogP contribution < -0.4 is 15.8 Å². The van der Waals surface area contributed by atoms with Gasteiger partial charge >= 0.3 is 5.97 Å². The number of nitrogens with one attached hydrogen (secondary N) is 1. The van der Waals surface area contributed by atoms with Crippen molar-refractivity contribution in [2.24, 2.45) is 0 Å². The van der Waals surface area contributed by atoms with Crippen LogP contribution in [-0.4, -0.2) is 68.2 Å².